The molecule has 1 atom stereocenters. The number of amides is 1. The van der Waals surface area contributed by atoms with E-state index >= 15 is 0 Å². The first kappa shape index (κ1) is 25.1. The molecule has 7 nitrogen and oxygen atoms in total. The van der Waals surface area contributed by atoms with Crippen LogP contribution in [0.1, 0.15) is 35.4 Å². The van der Waals surface area contributed by atoms with Crippen molar-refractivity contribution in [3.05, 3.63) is 75.9 Å². The van der Waals surface area contributed by atoms with Gasteiger partial charge in [-0.3, -0.25) is 4.79 Å². The summed E-state index contributed by atoms with van der Waals surface area (Å²) < 4.78 is 47.6. The molecule has 35 heavy (non-hydrogen) atoms. The molecule has 0 spiro atoms. The van der Waals surface area contributed by atoms with Gasteiger partial charge in [-0.2, -0.15) is 4.31 Å². The molecule has 0 saturated carbocycles. The zero-order valence-corrected chi connectivity index (χ0v) is 20.9. The molecule has 2 heterocycles. The summed E-state index contributed by atoms with van der Waals surface area (Å²) in [4.78, 5) is 12.9. The zero-order chi connectivity index (χ0) is 25.2. The van der Waals surface area contributed by atoms with Crippen LogP contribution in [0.25, 0.3) is 12.2 Å². The van der Waals surface area contributed by atoms with Crippen molar-refractivity contribution in [2.45, 2.75) is 31.6 Å². The number of hydrogen-bond acceptors (Lipinski definition) is 5. The fourth-order valence-corrected chi connectivity index (χ4v) is 6.00. The molecule has 3 aromatic rings. The molecule has 1 fully saturated rings. The molecule has 0 bridgehead atoms. The fourth-order valence-electron chi connectivity index (χ4n) is 4.06. The first-order valence-corrected chi connectivity index (χ1v) is 13.0. The number of carbonyl (C=O) groups excluding carboxylic acids is 1. The van der Waals surface area contributed by atoms with E-state index in [9.17, 15) is 17.6 Å². The Balaban J connectivity index is 1.55. The van der Waals surface area contributed by atoms with E-state index in [0.29, 0.717) is 23.6 Å². The van der Waals surface area contributed by atoms with E-state index in [-0.39, 0.29) is 40.9 Å². The Kier molecular flexibility index (Phi) is 7.39. The van der Waals surface area contributed by atoms with Crippen molar-refractivity contribution < 1.29 is 22.1 Å². The van der Waals surface area contributed by atoms with Crippen LogP contribution in [0.2, 0.25) is 5.02 Å². The SMILES string of the molecule is Cc1noc(/C=C/c2ccccc2F)c1S(=O)(=O)N1CCC[C@H](C(=O)Nc2cccc(Cl)c2C)C1. The second-order valence-corrected chi connectivity index (χ2v) is 10.7. The van der Waals surface area contributed by atoms with Gasteiger partial charge < -0.3 is 9.84 Å². The molecule has 1 amide bonds. The third-order valence-corrected chi connectivity index (χ3v) is 8.46. The molecular formula is C25H25ClFN3O4S. The first-order valence-electron chi connectivity index (χ1n) is 11.1. The van der Waals surface area contributed by atoms with E-state index in [4.69, 9.17) is 16.1 Å². The minimum Gasteiger partial charge on any atom is -0.355 e. The second kappa shape index (κ2) is 10.3. The van der Waals surface area contributed by atoms with Gasteiger partial charge in [0.05, 0.1) is 5.92 Å². The van der Waals surface area contributed by atoms with Gasteiger partial charge in [0.2, 0.25) is 15.9 Å². The molecule has 1 aromatic heterocycles. The summed E-state index contributed by atoms with van der Waals surface area (Å²) in [7, 11) is -4.02. The van der Waals surface area contributed by atoms with E-state index in [2.05, 4.69) is 10.5 Å². The maximum Gasteiger partial charge on any atom is 0.248 e. The minimum atomic E-state index is -4.02. The lowest BCUT2D eigenvalue weighted by atomic mass is 9.98. The first-order chi connectivity index (χ1) is 16.7. The van der Waals surface area contributed by atoms with Crippen molar-refractivity contribution in [3.63, 3.8) is 0 Å². The van der Waals surface area contributed by atoms with Crippen molar-refractivity contribution in [3.8, 4) is 0 Å². The Hall–Kier alpha value is -3.01. The lowest BCUT2D eigenvalue weighted by Crippen LogP contribution is -2.44. The van der Waals surface area contributed by atoms with E-state index in [1.54, 1.807) is 43.3 Å². The number of piperidine rings is 1. The predicted octanol–water partition coefficient (Wildman–Crippen LogP) is 5.29. The van der Waals surface area contributed by atoms with Gasteiger partial charge >= 0.3 is 0 Å². The van der Waals surface area contributed by atoms with Gasteiger partial charge in [-0.25, -0.2) is 12.8 Å². The number of anilines is 1. The van der Waals surface area contributed by atoms with Crippen LogP contribution in [-0.4, -0.2) is 36.9 Å². The van der Waals surface area contributed by atoms with Crippen molar-refractivity contribution in [2.24, 2.45) is 5.92 Å². The third-order valence-electron chi connectivity index (χ3n) is 6.03. The fraction of sp³-hybridized carbons (Fsp3) is 0.280. The number of aryl methyl sites for hydroxylation is 1. The van der Waals surface area contributed by atoms with E-state index < -0.39 is 21.8 Å². The second-order valence-electron chi connectivity index (χ2n) is 8.42. The number of aromatic nitrogens is 1. The van der Waals surface area contributed by atoms with E-state index in [1.165, 1.54) is 29.4 Å². The van der Waals surface area contributed by atoms with Crippen LogP contribution in [0.4, 0.5) is 10.1 Å². The van der Waals surface area contributed by atoms with Crippen LogP contribution in [-0.2, 0) is 14.8 Å². The quantitative estimate of drug-likeness (QED) is 0.479. The number of carbonyl (C=O) groups is 1. The van der Waals surface area contributed by atoms with Crippen molar-refractivity contribution in [1.82, 2.24) is 9.46 Å². The number of sulfonamides is 1. The van der Waals surface area contributed by atoms with Crippen LogP contribution >= 0.6 is 11.6 Å². The van der Waals surface area contributed by atoms with Crippen LogP contribution in [0.5, 0.6) is 0 Å². The summed E-state index contributed by atoms with van der Waals surface area (Å²) in [6.45, 7) is 3.63. The summed E-state index contributed by atoms with van der Waals surface area (Å²) in [5, 5.41) is 7.23. The molecule has 1 aliphatic heterocycles. The average Bonchev–Trinajstić information content (AvgIpc) is 3.22. The van der Waals surface area contributed by atoms with Gasteiger partial charge in [0.15, 0.2) is 10.7 Å². The maximum absolute atomic E-state index is 14.0. The Morgan fingerprint density at radius 1 is 1.20 bits per heavy atom. The topological polar surface area (TPSA) is 92.5 Å². The number of benzene rings is 2. The Labute approximate surface area is 208 Å². The smallest absolute Gasteiger partial charge is 0.248 e. The number of nitrogens with one attached hydrogen (secondary N) is 1. The zero-order valence-electron chi connectivity index (χ0n) is 19.3. The molecule has 0 radical (unpaired) electrons. The monoisotopic (exact) mass is 517 g/mol. The summed E-state index contributed by atoms with van der Waals surface area (Å²) in [5.74, 6) is -1.23. The molecule has 1 saturated heterocycles. The summed E-state index contributed by atoms with van der Waals surface area (Å²) in [6, 6.07) is 11.4. The maximum atomic E-state index is 14.0. The minimum absolute atomic E-state index is 0.00637. The number of rotatable bonds is 6. The Morgan fingerprint density at radius 3 is 2.74 bits per heavy atom. The lowest BCUT2D eigenvalue weighted by molar-refractivity contribution is -0.120. The molecule has 0 aliphatic carbocycles. The standard InChI is InChI=1S/C25H25ClFN3O4S/c1-16-20(26)9-5-11-22(16)28-25(31)19-8-6-14-30(15-19)35(32,33)24-17(2)29-34-23(24)13-12-18-7-3-4-10-21(18)27/h3-5,7,9-13,19H,6,8,14-15H2,1-2H3,(H,28,31)/b13-12+/t19-/m0/s1. The highest BCUT2D eigenvalue weighted by Crippen LogP contribution is 2.30. The van der Waals surface area contributed by atoms with Gasteiger partial charge in [0, 0.05) is 29.4 Å². The van der Waals surface area contributed by atoms with Crippen LogP contribution in [0.15, 0.2) is 51.9 Å². The van der Waals surface area contributed by atoms with Crippen molar-refractivity contribution >= 4 is 45.4 Å². The average molecular weight is 518 g/mol. The van der Waals surface area contributed by atoms with Crippen LogP contribution in [0.3, 0.4) is 0 Å². The largest absolute Gasteiger partial charge is 0.355 e. The van der Waals surface area contributed by atoms with Gasteiger partial charge in [-0.05, 0) is 62.6 Å². The van der Waals surface area contributed by atoms with E-state index in [0.717, 1.165) is 5.56 Å². The lowest BCUT2D eigenvalue weighted by Gasteiger charge is -2.31. The summed E-state index contributed by atoms with van der Waals surface area (Å²) in [5.41, 5.74) is 1.82. The van der Waals surface area contributed by atoms with Crippen molar-refractivity contribution in [2.75, 3.05) is 18.4 Å². The van der Waals surface area contributed by atoms with Gasteiger partial charge in [0.1, 0.15) is 11.5 Å². The Bertz CT molecular complexity index is 1390. The molecule has 4 rings (SSSR count). The van der Waals surface area contributed by atoms with E-state index in [1.807, 2.05) is 0 Å². The molecular weight excluding hydrogens is 493 g/mol. The summed E-state index contributed by atoms with van der Waals surface area (Å²) >= 11 is 6.15. The molecule has 1 aliphatic rings. The number of halogens is 2. The van der Waals surface area contributed by atoms with Gasteiger partial charge in [-0.15, -0.1) is 0 Å². The summed E-state index contributed by atoms with van der Waals surface area (Å²) in [6.07, 6.45) is 3.91. The van der Waals surface area contributed by atoms with Gasteiger partial charge in [0.25, 0.3) is 0 Å². The molecule has 184 valence electrons. The highest BCUT2D eigenvalue weighted by Gasteiger charge is 2.37. The van der Waals surface area contributed by atoms with Crippen LogP contribution in [0, 0.1) is 25.6 Å². The molecule has 10 heteroatoms. The highest BCUT2D eigenvalue weighted by molar-refractivity contribution is 7.89. The predicted molar refractivity (Wildman–Crippen MR) is 133 cm³/mol. The molecule has 2 aromatic carbocycles. The number of hydrogen-bond donors (Lipinski definition) is 1. The molecule has 0 unspecified atom stereocenters. The normalized spacial score (nSPS) is 17.1. The van der Waals surface area contributed by atoms with Crippen LogP contribution < -0.4 is 5.32 Å². The van der Waals surface area contributed by atoms with Gasteiger partial charge in [-0.1, -0.05) is 41.0 Å². The number of nitrogens with zero attached hydrogens (tertiary/aromatic N) is 2. The third kappa shape index (κ3) is 5.32. The Morgan fingerprint density at radius 2 is 1.97 bits per heavy atom. The molecule has 1 N–H and O–H groups in total. The van der Waals surface area contributed by atoms with Crippen molar-refractivity contribution in [1.29, 1.82) is 0 Å². The highest BCUT2D eigenvalue weighted by atomic mass is 35.5.